The highest BCUT2D eigenvalue weighted by molar-refractivity contribution is 4.63. The smallest absolute Gasteiger partial charge is 0.0587 e. The summed E-state index contributed by atoms with van der Waals surface area (Å²) in [7, 11) is 1.72. The highest BCUT2D eigenvalue weighted by Crippen LogP contribution is 2.09. The largest absolute Gasteiger partial charge is 0.383 e. The quantitative estimate of drug-likeness (QED) is 0.601. The molecule has 1 N–H and O–H groups in total. The van der Waals surface area contributed by atoms with Gasteiger partial charge in [0, 0.05) is 20.2 Å². The van der Waals surface area contributed by atoms with E-state index in [0.29, 0.717) is 5.41 Å². The average Bonchev–Trinajstić information content (AvgIpc) is 1.78. The molecule has 0 aliphatic rings. The lowest BCUT2D eigenvalue weighted by atomic mass is 9.97. The first kappa shape index (κ1) is 9.92. The Bertz CT molecular complexity index is 75.8. The van der Waals surface area contributed by atoms with Crippen molar-refractivity contribution < 1.29 is 4.74 Å². The minimum Gasteiger partial charge on any atom is -0.383 e. The third-order valence-electron chi connectivity index (χ3n) is 1.14. The van der Waals surface area contributed by atoms with Crippen molar-refractivity contribution in [2.45, 2.75) is 20.8 Å². The SMILES string of the molecule is COCCNCC(C)(C)C. The number of methoxy groups -OCH3 is 1. The molecule has 0 aliphatic carbocycles. The number of rotatable bonds is 4. The van der Waals surface area contributed by atoms with Gasteiger partial charge in [0.25, 0.3) is 0 Å². The molecule has 10 heavy (non-hydrogen) atoms. The zero-order valence-electron chi connectivity index (χ0n) is 7.53. The molecule has 2 nitrogen and oxygen atoms in total. The Morgan fingerprint density at radius 2 is 1.90 bits per heavy atom. The standard InChI is InChI=1S/C8H19NO/c1-8(2,3)7-9-5-6-10-4/h9H,5-7H2,1-4H3. The highest BCUT2D eigenvalue weighted by Gasteiger charge is 2.07. The van der Waals surface area contributed by atoms with E-state index < -0.39 is 0 Å². The predicted octanol–water partition coefficient (Wildman–Crippen LogP) is 1.27. The van der Waals surface area contributed by atoms with E-state index in [1.165, 1.54) is 0 Å². The Kier molecular flexibility index (Phi) is 4.65. The zero-order chi connectivity index (χ0) is 8.04. The fraction of sp³-hybridized carbons (Fsp3) is 1.00. The summed E-state index contributed by atoms with van der Waals surface area (Å²) in [6.07, 6.45) is 0. The van der Waals surface area contributed by atoms with E-state index in [9.17, 15) is 0 Å². The van der Waals surface area contributed by atoms with E-state index in [1.54, 1.807) is 7.11 Å². The van der Waals surface area contributed by atoms with Crippen LogP contribution in [-0.4, -0.2) is 26.8 Å². The summed E-state index contributed by atoms with van der Waals surface area (Å²) in [5, 5.41) is 3.30. The molecular formula is C8H19NO. The number of hydrogen-bond acceptors (Lipinski definition) is 2. The van der Waals surface area contributed by atoms with Gasteiger partial charge in [0.2, 0.25) is 0 Å². The Hall–Kier alpha value is -0.0800. The van der Waals surface area contributed by atoms with Gasteiger partial charge in [0.15, 0.2) is 0 Å². The van der Waals surface area contributed by atoms with Gasteiger partial charge in [-0.15, -0.1) is 0 Å². The second kappa shape index (κ2) is 4.69. The fourth-order valence-corrected chi connectivity index (χ4v) is 0.638. The summed E-state index contributed by atoms with van der Waals surface area (Å²) in [4.78, 5) is 0. The first-order chi connectivity index (χ1) is 4.56. The molecule has 0 aromatic rings. The van der Waals surface area contributed by atoms with E-state index in [1.807, 2.05) is 0 Å². The maximum atomic E-state index is 4.89. The zero-order valence-corrected chi connectivity index (χ0v) is 7.53. The van der Waals surface area contributed by atoms with E-state index in [0.717, 1.165) is 19.7 Å². The minimum atomic E-state index is 0.383. The molecule has 0 saturated carbocycles. The van der Waals surface area contributed by atoms with Crippen molar-refractivity contribution in [3.05, 3.63) is 0 Å². The number of nitrogens with one attached hydrogen (secondary N) is 1. The van der Waals surface area contributed by atoms with Gasteiger partial charge in [-0.05, 0) is 5.41 Å². The summed E-state index contributed by atoms with van der Waals surface area (Å²) in [5.41, 5.74) is 0.383. The maximum absolute atomic E-state index is 4.89. The van der Waals surface area contributed by atoms with Crippen LogP contribution in [0.25, 0.3) is 0 Å². The van der Waals surface area contributed by atoms with Crippen LogP contribution >= 0.6 is 0 Å². The molecule has 0 aliphatic heterocycles. The molecule has 0 saturated heterocycles. The second-order valence-corrected chi connectivity index (χ2v) is 3.73. The topological polar surface area (TPSA) is 21.3 Å². The van der Waals surface area contributed by atoms with Gasteiger partial charge in [-0.25, -0.2) is 0 Å². The van der Waals surface area contributed by atoms with Gasteiger partial charge < -0.3 is 10.1 Å². The molecule has 0 amide bonds. The van der Waals surface area contributed by atoms with Gasteiger partial charge in [0.05, 0.1) is 6.61 Å². The normalized spacial score (nSPS) is 12.0. The van der Waals surface area contributed by atoms with Gasteiger partial charge >= 0.3 is 0 Å². The average molecular weight is 145 g/mol. The molecular weight excluding hydrogens is 126 g/mol. The highest BCUT2D eigenvalue weighted by atomic mass is 16.5. The van der Waals surface area contributed by atoms with Crippen LogP contribution in [0, 0.1) is 5.41 Å². The van der Waals surface area contributed by atoms with Crippen LogP contribution in [0.4, 0.5) is 0 Å². The molecule has 0 fully saturated rings. The maximum Gasteiger partial charge on any atom is 0.0587 e. The van der Waals surface area contributed by atoms with Crippen LogP contribution in [0.5, 0.6) is 0 Å². The molecule has 0 unspecified atom stereocenters. The first-order valence-electron chi connectivity index (χ1n) is 3.76. The monoisotopic (exact) mass is 145 g/mol. The molecule has 2 heteroatoms. The molecule has 0 rings (SSSR count). The molecule has 0 spiro atoms. The third-order valence-corrected chi connectivity index (χ3v) is 1.14. The molecule has 62 valence electrons. The Morgan fingerprint density at radius 3 is 2.30 bits per heavy atom. The summed E-state index contributed by atoms with van der Waals surface area (Å²) in [6.45, 7) is 9.45. The molecule has 0 atom stereocenters. The summed E-state index contributed by atoms with van der Waals surface area (Å²) < 4.78 is 4.89. The van der Waals surface area contributed by atoms with Crippen LogP contribution in [-0.2, 0) is 4.74 Å². The van der Waals surface area contributed by atoms with Crippen molar-refractivity contribution in [2.24, 2.45) is 5.41 Å². The van der Waals surface area contributed by atoms with E-state index in [2.05, 4.69) is 26.1 Å². The second-order valence-electron chi connectivity index (χ2n) is 3.73. The van der Waals surface area contributed by atoms with Crippen molar-refractivity contribution >= 4 is 0 Å². The molecule has 0 aromatic heterocycles. The van der Waals surface area contributed by atoms with Crippen molar-refractivity contribution in [3.63, 3.8) is 0 Å². The molecule has 0 aromatic carbocycles. The van der Waals surface area contributed by atoms with Gasteiger partial charge in [-0.2, -0.15) is 0 Å². The van der Waals surface area contributed by atoms with Crippen molar-refractivity contribution in [1.82, 2.24) is 5.32 Å². The van der Waals surface area contributed by atoms with Crippen LogP contribution in [0.2, 0.25) is 0 Å². The van der Waals surface area contributed by atoms with Crippen LogP contribution in [0.1, 0.15) is 20.8 Å². The van der Waals surface area contributed by atoms with Gasteiger partial charge in [-0.3, -0.25) is 0 Å². The van der Waals surface area contributed by atoms with Crippen LogP contribution in [0.3, 0.4) is 0 Å². The van der Waals surface area contributed by atoms with E-state index >= 15 is 0 Å². The van der Waals surface area contributed by atoms with Gasteiger partial charge in [-0.1, -0.05) is 20.8 Å². The Labute approximate surface area is 64.0 Å². The summed E-state index contributed by atoms with van der Waals surface area (Å²) >= 11 is 0. The van der Waals surface area contributed by atoms with Crippen LogP contribution in [0.15, 0.2) is 0 Å². The lowest BCUT2D eigenvalue weighted by molar-refractivity contribution is 0.195. The fourth-order valence-electron chi connectivity index (χ4n) is 0.638. The number of hydrogen-bond donors (Lipinski definition) is 1. The molecule has 0 bridgehead atoms. The Balaban J connectivity index is 3.04. The lowest BCUT2D eigenvalue weighted by Gasteiger charge is -2.18. The third kappa shape index (κ3) is 7.92. The van der Waals surface area contributed by atoms with Crippen LogP contribution < -0.4 is 5.32 Å². The first-order valence-corrected chi connectivity index (χ1v) is 3.76. The lowest BCUT2D eigenvalue weighted by Crippen LogP contribution is -2.29. The van der Waals surface area contributed by atoms with E-state index in [4.69, 9.17) is 4.74 Å². The van der Waals surface area contributed by atoms with Crippen molar-refractivity contribution in [1.29, 1.82) is 0 Å². The molecule has 0 heterocycles. The number of ether oxygens (including phenoxy) is 1. The minimum absolute atomic E-state index is 0.383. The van der Waals surface area contributed by atoms with Gasteiger partial charge in [0.1, 0.15) is 0 Å². The molecule has 0 radical (unpaired) electrons. The van der Waals surface area contributed by atoms with Crippen molar-refractivity contribution in [3.8, 4) is 0 Å². The summed E-state index contributed by atoms with van der Waals surface area (Å²) in [5.74, 6) is 0. The van der Waals surface area contributed by atoms with Crippen molar-refractivity contribution in [2.75, 3.05) is 26.8 Å². The summed E-state index contributed by atoms with van der Waals surface area (Å²) in [6, 6.07) is 0. The predicted molar refractivity (Wildman–Crippen MR) is 44.2 cm³/mol. The van der Waals surface area contributed by atoms with E-state index in [-0.39, 0.29) is 0 Å². The Morgan fingerprint density at radius 1 is 1.30 bits per heavy atom.